The predicted octanol–water partition coefficient (Wildman–Crippen LogP) is 4.10. The summed E-state index contributed by atoms with van der Waals surface area (Å²) in [7, 11) is -3.54. The van der Waals surface area contributed by atoms with Gasteiger partial charge in [-0.25, -0.2) is 8.42 Å². The molecule has 1 fully saturated rings. The zero-order valence-corrected chi connectivity index (χ0v) is 19.3. The maximum Gasteiger partial charge on any atom is 0.251 e. The average molecular weight is 445 g/mol. The second kappa shape index (κ2) is 10.4. The van der Waals surface area contributed by atoms with Crippen molar-refractivity contribution < 1.29 is 17.9 Å². The zero-order chi connectivity index (χ0) is 22.4. The van der Waals surface area contributed by atoms with Gasteiger partial charge in [0.1, 0.15) is 0 Å². The van der Waals surface area contributed by atoms with E-state index >= 15 is 0 Å². The first-order valence-corrected chi connectivity index (χ1v) is 12.3. The smallest absolute Gasteiger partial charge is 0.251 e. The molecule has 1 saturated heterocycles. The van der Waals surface area contributed by atoms with Crippen molar-refractivity contribution >= 4 is 15.9 Å². The molecular weight excluding hydrogens is 412 g/mol. The molecule has 2 aromatic rings. The summed E-state index contributed by atoms with van der Waals surface area (Å²) in [6.07, 6.45) is 2.98. The molecule has 3 rings (SSSR count). The van der Waals surface area contributed by atoms with Crippen molar-refractivity contribution in [3.05, 3.63) is 65.2 Å². The van der Waals surface area contributed by atoms with Gasteiger partial charge >= 0.3 is 0 Å². The fourth-order valence-corrected chi connectivity index (χ4v) is 5.42. The highest BCUT2D eigenvalue weighted by atomic mass is 32.2. The zero-order valence-electron chi connectivity index (χ0n) is 18.5. The van der Waals surface area contributed by atoms with Crippen LogP contribution < -0.4 is 5.32 Å². The number of nitrogens with zero attached hydrogens (tertiary/aromatic N) is 1. The number of hydrogen-bond acceptors (Lipinski definition) is 4. The fraction of sp³-hybridized carbons (Fsp3) is 0.458. The van der Waals surface area contributed by atoms with Crippen LogP contribution in [0.2, 0.25) is 0 Å². The van der Waals surface area contributed by atoms with Crippen LogP contribution in [0.1, 0.15) is 61.5 Å². The lowest BCUT2D eigenvalue weighted by atomic mass is 10.1. The van der Waals surface area contributed by atoms with E-state index in [1.54, 1.807) is 16.4 Å². The molecule has 0 aromatic heterocycles. The minimum atomic E-state index is -3.54. The number of carbonyl (C=O) groups excluding carboxylic acids is 1. The number of benzene rings is 2. The van der Waals surface area contributed by atoms with Crippen LogP contribution in [0.3, 0.4) is 0 Å². The molecule has 0 aliphatic carbocycles. The number of hydrogen-bond donors (Lipinski definition) is 1. The van der Waals surface area contributed by atoms with Crippen molar-refractivity contribution in [3.8, 4) is 0 Å². The van der Waals surface area contributed by atoms with Crippen LogP contribution in [0.4, 0.5) is 0 Å². The number of amides is 1. The Morgan fingerprint density at radius 3 is 2.52 bits per heavy atom. The summed E-state index contributed by atoms with van der Waals surface area (Å²) in [5.41, 5.74) is 2.48. The van der Waals surface area contributed by atoms with Crippen molar-refractivity contribution in [1.29, 1.82) is 0 Å². The summed E-state index contributed by atoms with van der Waals surface area (Å²) < 4.78 is 33.1. The number of nitrogens with one attached hydrogen (secondary N) is 1. The molecule has 1 N–H and O–H groups in total. The standard InChI is InChI=1S/C24H32N2O4S/c1-18(2)30-17-21-9-6-8-20(15-21)16-25-24(27)22-10-12-23(13-11-22)31(28,29)26-14-5-4-7-19(26)3/h6,8-13,15,18-19H,4-5,7,14,16-17H2,1-3H3,(H,25,27). The molecule has 1 aliphatic heterocycles. The van der Waals surface area contributed by atoms with Crippen molar-refractivity contribution in [2.45, 2.75) is 70.2 Å². The third kappa shape index (κ3) is 6.15. The maximum absolute atomic E-state index is 12.9. The van der Waals surface area contributed by atoms with Crippen LogP contribution >= 0.6 is 0 Å². The minimum absolute atomic E-state index is 0.00317. The Morgan fingerprint density at radius 1 is 1.13 bits per heavy atom. The van der Waals surface area contributed by atoms with Gasteiger partial charge in [-0.3, -0.25) is 4.79 Å². The second-order valence-corrected chi connectivity index (χ2v) is 10.2. The quantitative estimate of drug-likeness (QED) is 0.665. The third-order valence-corrected chi connectivity index (χ3v) is 7.52. The number of ether oxygens (including phenoxy) is 1. The summed E-state index contributed by atoms with van der Waals surface area (Å²) in [5.74, 6) is -0.237. The number of piperidine rings is 1. The normalized spacial score (nSPS) is 17.6. The monoisotopic (exact) mass is 444 g/mol. The van der Waals surface area contributed by atoms with E-state index in [-0.39, 0.29) is 22.9 Å². The number of sulfonamides is 1. The Kier molecular flexibility index (Phi) is 7.86. The SMILES string of the molecule is CC(C)OCc1cccc(CNC(=O)c2ccc(S(=O)(=O)N3CCCCC3C)cc2)c1. The first kappa shape index (κ1) is 23.4. The minimum Gasteiger partial charge on any atom is -0.374 e. The van der Waals surface area contributed by atoms with Crippen molar-refractivity contribution in [2.75, 3.05) is 6.54 Å². The number of rotatable bonds is 8. The molecule has 168 valence electrons. The lowest BCUT2D eigenvalue weighted by Crippen LogP contribution is -2.41. The molecule has 1 unspecified atom stereocenters. The lowest BCUT2D eigenvalue weighted by Gasteiger charge is -2.32. The largest absolute Gasteiger partial charge is 0.374 e. The van der Waals surface area contributed by atoms with Crippen LogP contribution in [0.15, 0.2) is 53.4 Å². The summed E-state index contributed by atoms with van der Waals surface area (Å²) >= 11 is 0. The average Bonchev–Trinajstić information content (AvgIpc) is 2.76. The summed E-state index contributed by atoms with van der Waals surface area (Å²) in [6, 6.07) is 14.1. The molecule has 7 heteroatoms. The van der Waals surface area contributed by atoms with Crippen LogP contribution in [0, 0.1) is 0 Å². The van der Waals surface area contributed by atoms with Gasteiger partial charge in [-0.2, -0.15) is 4.31 Å². The van der Waals surface area contributed by atoms with E-state index < -0.39 is 10.0 Å². The van der Waals surface area contributed by atoms with Gasteiger partial charge < -0.3 is 10.1 Å². The van der Waals surface area contributed by atoms with Crippen LogP contribution in [0.5, 0.6) is 0 Å². The first-order valence-electron chi connectivity index (χ1n) is 10.9. The molecule has 6 nitrogen and oxygen atoms in total. The molecule has 1 amide bonds. The van der Waals surface area contributed by atoms with Gasteiger partial charge in [0.15, 0.2) is 0 Å². The molecule has 0 radical (unpaired) electrons. The maximum atomic E-state index is 12.9. The molecule has 1 atom stereocenters. The molecule has 0 saturated carbocycles. The van der Waals surface area contributed by atoms with Gasteiger partial charge in [0.25, 0.3) is 5.91 Å². The fourth-order valence-electron chi connectivity index (χ4n) is 3.72. The van der Waals surface area contributed by atoms with E-state index in [1.807, 2.05) is 45.0 Å². The molecule has 1 heterocycles. The number of carbonyl (C=O) groups is 1. The van der Waals surface area contributed by atoms with Crippen LogP contribution in [0.25, 0.3) is 0 Å². The summed E-state index contributed by atoms with van der Waals surface area (Å²) in [6.45, 7) is 7.40. The van der Waals surface area contributed by atoms with Gasteiger partial charge in [-0.1, -0.05) is 30.7 Å². The van der Waals surface area contributed by atoms with E-state index in [2.05, 4.69) is 5.32 Å². The van der Waals surface area contributed by atoms with E-state index in [0.717, 1.165) is 30.4 Å². The Balaban J connectivity index is 1.61. The summed E-state index contributed by atoms with van der Waals surface area (Å²) in [5, 5.41) is 2.90. The molecular formula is C24H32N2O4S. The molecule has 2 aromatic carbocycles. The Bertz CT molecular complexity index is 987. The van der Waals surface area contributed by atoms with Crippen LogP contribution in [-0.2, 0) is 27.9 Å². The van der Waals surface area contributed by atoms with Crippen molar-refractivity contribution in [2.24, 2.45) is 0 Å². The summed E-state index contributed by atoms with van der Waals surface area (Å²) in [4.78, 5) is 12.8. The molecule has 31 heavy (non-hydrogen) atoms. The lowest BCUT2D eigenvalue weighted by molar-refractivity contribution is 0.0657. The van der Waals surface area contributed by atoms with Crippen molar-refractivity contribution in [3.63, 3.8) is 0 Å². The topological polar surface area (TPSA) is 75.7 Å². The molecule has 0 bridgehead atoms. The van der Waals surface area contributed by atoms with Gasteiger partial charge in [-0.15, -0.1) is 0 Å². The molecule has 1 aliphatic rings. The third-order valence-electron chi connectivity index (χ3n) is 5.49. The highest BCUT2D eigenvalue weighted by molar-refractivity contribution is 7.89. The van der Waals surface area contributed by atoms with E-state index in [4.69, 9.17) is 4.74 Å². The van der Waals surface area contributed by atoms with Crippen molar-refractivity contribution in [1.82, 2.24) is 9.62 Å². The van der Waals surface area contributed by atoms with E-state index in [1.165, 1.54) is 12.1 Å². The Labute approximate surface area is 185 Å². The second-order valence-electron chi connectivity index (χ2n) is 8.35. The highest BCUT2D eigenvalue weighted by Crippen LogP contribution is 2.25. The van der Waals surface area contributed by atoms with Gasteiger partial charge in [0.2, 0.25) is 10.0 Å². The predicted molar refractivity (Wildman–Crippen MR) is 121 cm³/mol. The molecule has 0 spiro atoms. The Hall–Kier alpha value is -2.22. The highest BCUT2D eigenvalue weighted by Gasteiger charge is 2.30. The van der Waals surface area contributed by atoms with Gasteiger partial charge in [-0.05, 0) is 69.0 Å². The van der Waals surface area contributed by atoms with E-state index in [0.29, 0.717) is 25.3 Å². The Morgan fingerprint density at radius 2 is 1.84 bits per heavy atom. The van der Waals surface area contributed by atoms with Gasteiger partial charge in [0, 0.05) is 24.7 Å². The van der Waals surface area contributed by atoms with Crippen LogP contribution in [-0.4, -0.2) is 37.3 Å². The van der Waals surface area contributed by atoms with E-state index in [9.17, 15) is 13.2 Å². The first-order chi connectivity index (χ1) is 14.8. The van der Waals surface area contributed by atoms with Gasteiger partial charge in [0.05, 0.1) is 17.6 Å².